The Morgan fingerprint density at radius 2 is 2.09 bits per heavy atom. The minimum atomic E-state index is -0.595. The summed E-state index contributed by atoms with van der Waals surface area (Å²) in [5.74, 6) is -0.276. The van der Waals surface area contributed by atoms with E-state index in [0.717, 1.165) is 18.7 Å². The van der Waals surface area contributed by atoms with E-state index in [2.05, 4.69) is 23.1 Å². The van der Waals surface area contributed by atoms with E-state index in [9.17, 15) is 9.50 Å². The summed E-state index contributed by atoms with van der Waals surface area (Å²) >= 11 is 0. The van der Waals surface area contributed by atoms with Gasteiger partial charge in [-0.25, -0.2) is 4.39 Å². The van der Waals surface area contributed by atoms with E-state index < -0.39 is 6.10 Å². The van der Waals surface area contributed by atoms with Crippen molar-refractivity contribution in [1.82, 2.24) is 14.7 Å². The van der Waals surface area contributed by atoms with E-state index in [1.54, 1.807) is 12.1 Å². The van der Waals surface area contributed by atoms with E-state index in [4.69, 9.17) is 0 Å². The molecule has 1 fully saturated rings. The number of aliphatic hydroxyl groups excluding tert-OH is 1. The van der Waals surface area contributed by atoms with Crippen LogP contribution >= 0.6 is 0 Å². The molecule has 1 aliphatic rings. The zero-order valence-corrected chi connectivity index (χ0v) is 12.8. The molecule has 1 N–H and O–H groups in total. The van der Waals surface area contributed by atoms with Gasteiger partial charge in [-0.05, 0) is 37.5 Å². The second kappa shape index (κ2) is 6.58. The molecular formula is C17H22FN3O. The summed E-state index contributed by atoms with van der Waals surface area (Å²) in [6, 6.07) is 6.64. The fourth-order valence-corrected chi connectivity index (χ4v) is 2.69. The summed E-state index contributed by atoms with van der Waals surface area (Å²) in [5, 5.41) is 14.7. The van der Waals surface area contributed by atoms with Crippen LogP contribution in [0.5, 0.6) is 0 Å². The summed E-state index contributed by atoms with van der Waals surface area (Å²) in [4.78, 5) is 2.30. The van der Waals surface area contributed by atoms with Gasteiger partial charge in [-0.3, -0.25) is 9.58 Å². The van der Waals surface area contributed by atoms with E-state index in [1.165, 1.54) is 30.5 Å². The van der Waals surface area contributed by atoms with Gasteiger partial charge < -0.3 is 5.11 Å². The Morgan fingerprint density at radius 3 is 2.68 bits per heavy atom. The Balaban J connectivity index is 1.65. The predicted molar refractivity (Wildman–Crippen MR) is 82.7 cm³/mol. The van der Waals surface area contributed by atoms with Crippen molar-refractivity contribution in [2.45, 2.75) is 45.0 Å². The van der Waals surface area contributed by atoms with Crippen molar-refractivity contribution in [3.8, 4) is 0 Å². The van der Waals surface area contributed by atoms with Crippen molar-refractivity contribution >= 4 is 0 Å². The van der Waals surface area contributed by atoms with Gasteiger partial charge >= 0.3 is 0 Å². The molecule has 118 valence electrons. The van der Waals surface area contributed by atoms with Gasteiger partial charge in [0, 0.05) is 37.4 Å². The van der Waals surface area contributed by atoms with Gasteiger partial charge in [0.1, 0.15) is 5.82 Å². The van der Waals surface area contributed by atoms with E-state index in [0.29, 0.717) is 12.6 Å². The van der Waals surface area contributed by atoms with Crippen molar-refractivity contribution < 1.29 is 9.50 Å². The molecule has 0 aliphatic heterocycles. The first-order chi connectivity index (χ1) is 10.7. The van der Waals surface area contributed by atoms with Gasteiger partial charge in [-0.2, -0.15) is 5.10 Å². The van der Waals surface area contributed by atoms with Crippen LogP contribution in [0.2, 0.25) is 0 Å². The zero-order chi connectivity index (χ0) is 15.5. The number of hydrogen-bond donors (Lipinski definition) is 1. The Kier molecular flexibility index (Phi) is 4.55. The highest BCUT2D eigenvalue weighted by Gasteiger charge is 2.30. The molecule has 5 heteroatoms. The summed E-state index contributed by atoms with van der Waals surface area (Å²) in [5.41, 5.74) is 1.93. The molecule has 1 unspecified atom stereocenters. The topological polar surface area (TPSA) is 41.3 Å². The molecule has 1 atom stereocenters. The standard InChI is InChI=1S/C17H22FN3O/c1-2-21-11-13(9-19-21)10-20(16-7-8-16)12-17(22)14-3-5-15(18)6-4-14/h3-6,9,11,16-17,22H,2,7-8,10,12H2,1H3. The molecule has 1 aromatic heterocycles. The van der Waals surface area contributed by atoms with E-state index >= 15 is 0 Å². The first kappa shape index (κ1) is 15.2. The monoisotopic (exact) mass is 303 g/mol. The molecular weight excluding hydrogens is 281 g/mol. The number of aliphatic hydroxyl groups is 1. The fourth-order valence-electron chi connectivity index (χ4n) is 2.69. The predicted octanol–water partition coefficient (Wildman–Crippen LogP) is 2.74. The third kappa shape index (κ3) is 3.72. The second-order valence-corrected chi connectivity index (χ2v) is 5.93. The molecule has 1 saturated carbocycles. The molecule has 0 amide bonds. The van der Waals surface area contributed by atoms with Crippen LogP contribution in [0.15, 0.2) is 36.7 Å². The second-order valence-electron chi connectivity index (χ2n) is 5.93. The summed E-state index contributed by atoms with van der Waals surface area (Å²) in [6.45, 7) is 4.28. The largest absolute Gasteiger partial charge is 0.387 e. The quantitative estimate of drug-likeness (QED) is 0.855. The maximum Gasteiger partial charge on any atom is 0.123 e. The molecule has 0 bridgehead atoms. The zero-order valence-electron chi connectivity index (χ0n) is 12.8. The van der Waals surface area contributed by atoms with Crippen LogP contribution in [0.1, 0.15) is 37.0 Å². The lowest BCUT2D eigenvalue weighted by Crippen LogP contribution is -2.30. The van der Waals surface area contributed by atoms with Gasteiger partial charge in [0.2, 0.25) is 0 Å². The van der Waals surface area contributed by atoms with Crippen molar-refractivity contribution in [3.05, 3.63) is 53.6 Å². The first-order valence-corrected chi connectivity index (χ1v) is 7.84. The maximum atomic E-state index is 13.0. The third-order valence-electron chi connectivity index (χ3n) is 4.12. The molecule has 1 aliphatic carbocycles. The Hall–Kier alpha value is -1.72. The number of benzene rings is 1. The highest BCUT2D eigenvalue weighted by atomic mass is 19.1. The highest BCUT2D eigenvalue weighted by Crippen LogP contribution is 2.30. The molecule has 0 radical (unpaired) electrons. The summed E-state index contributed by atoms with van der Waals surface area (Å²) in [6.07, 6.45) is 5.71. The third-order valence-corrected chi connectivity index (χ3v) is 4.12. The lowest BCUT2D eigenvalue weighted by Gasteiger charge is -2.24. The molecule has 2 aromatic rings. The van der Waals surface area contributed by atoms with Crippen LogP contribution < -0.4 is 0 Å². The smallest absolute Gasteiger partial charge is 0.123 e. The van der Waals surface area contributed by atoms with Crippen LogP contribution in [0.25, 0.3) is 0 Å². The van der Waals surface area contributed by atoms with Crippen LogP contribution in [0.3, 0.4) is 0 Å². The van der Waals surface area contributed by atoms with Crippen LogP contribution in [0, 0.1) is 5.82 Å². The molecule has 0 spiro atoms. The van der Waals surface area contributed by atoms with Crippen molar-refractivity contribution in [2.24, 2.45) is 0 Å². The van der Waals surface area contributed by atoms with Crippen LogP contribution in [-0.4, -0.2) is 32.4 Å². The fraction of sp³-hybridized carbons (Fsp3) is 0.471. The van der Waals surface area contributed by atoms with Crippen LogP contribution in [0.4, 0.5) is 4.39 Å². The molecule has 1 heterocycles. The summed E-state index contributed by atoms with van der Waals surface area (Å²) < 4.78 is 14.9. The molecule has 1 aromatic carbocycles. The van der Waals surface area contributed by atoms with Crippen LogP contribution in [-0.2, 0) is 13.1 Å². The number of rotatable bonds is 7. The number of hydrogen-bond acceptors (Lipinski definition) is 3. The van der Waals surface area contributed by atoms with Gasteiger partial charge in [0.05, 0.1) is 12.3 Å². The maximum absolute atomic E-state index is 13.0. The number of nitrogens with zero attached hydrogens (tertiary/aromatic N) is 3. The van der Waals surface area contributed by atoms with Gasteiger partial charge in [0.15, 0.2) is 0 Å². The van der Waals surface area contributed by atoms with E-state index in [1.807, 2.05) is 10.9 Å². The number of halogens is 1. The lowest BCUT2D eigenvalue weighted by molar-refractivity contribution is 0.104. The summed E-state index contributed by atoms with van der Waals surface area (Å²) in [7, 11) is 0. The minimum absolute atomic E-state index is 0.276. The molecule has 4 nitrogen and oxygen atoms in total. The van der Waals surface area contributed by atoms with Gasteiger partial charge in [-0.1, -0.05) is 12.1 Å². The molecule has 0 saturated heterocycles. The normalized spacial score (nSPS) is 16.2. The van der Waals surface area contributed by atoms with E-state index in [-0.39, 0.29) is 5.82 Å². The lowest BCUT2D eigenvalue weighted by atomic mass is 10.1. The number of aryl methyl sites for hydroxylation is 1. The van der Waals surface area contributed by atoms with Crippen molar-refractivity contribution in [1.29, 1.82) is 0 Å². The Bertz CT molecular complexity index is 607. The van der Waals surface area contributed by atoms with Gasteiger partial charge in [0.25, 0.3) is 0 Å². The van der Waals surface area contributed by atoms with Crippen molar-refractivity contribution in [3.63, 3.8) is 0 Å². The van der Waals surface area contributed by atoms with Gasteiger partial charge in [-0.15, -0.1) is 0 Å². The average Bonchev–Trinajstić information content (AvgIpc) is 3.27. The molecule has 3 rings (SSSR count). The Morgan fingerprint density at radius 1 is 1.36 bits per heavy atom. The van der Waals surface area contributed by atoms with Crippen molar-refractivity contribution in [2.75, 3.05) is 6.54 Å². The average molecular weight is 303 g/mol. The Labute approximate surface area is 130 Å². The number of aromatic nitrogens is 2. The first-order valence-electron chi connectivity index (χ1n) is 7.84. The SMILES string of the molecule is CCn1cc(CN(CC(O)c2ccc(F)cc2)C2CC2)cn1. The highest BCUT2D eigenvalue weighted by molar-refractivity contribution is 5.19. The minimum Gasteiger partial charge on any atom is -0.387 e. The molecule has 22 heavy (non-hydrogen) atoms.